The summed E-state index contributed by atoms with van der Waals surface area (Å²) in [5.74, 6) is 0.573. The molecule has 0 saturated heterocycles. The normalized spacial score (nSPS) is 13.8. The molecule has 18 heavy (non-hydrogen) atoms. The number of fused-ring (bicyclic) bond motifs is 1. The maximum absolute atomic E-state index is 13.1. The minimum Gasteiger partial charge on any atom is -0.493 e. The van der Waals surface area contributed by atoms with Crippen LogP contribution in [-0.4, -0.2) is 6.61 Å². The molecule has 0 atom stereocenters. The van der Waals surface area contributed by atoms with E-state index < -0.39 is 0 Å². The molecule has 2 aromatic carbocycles. The smallest absolute Gasteiger partial charge is 0.130 e. The van der Waals surface area contributed by atoms with E-state index in [1.54, 1.807) is 6.07 Å². The van der Waals surface area contributed by atoms with E-state index >= 15 is 0 Å². The molecule has 0 aliphatic carbocycles. The highest BCUT2D eigenvalue weighted by atomic mass is 19.1. The van der Waals surface area contributed by atoms with Crippen molar-refractivity contribution in [3.63, 3.8) is 0 Å². The van der Waals surface area contributed by atoms with Crippen LogP contribution >= 0.6 is 0 Å². The number of nitrogen functional groups attached to an aromatic ring is 1. The van der Waals surface area contributed by atoms with Crippen molar-refractivity contribution in [3.05, 3.63) is 47.8 Å². The number of nitrogens with two attached hydrogens (primary N) is 1. The molecular formula is C15H14FNO. The largest absolute Gasteiger partial charge is 0.493 e. The number of ether oxygens (including phenoxy) is 1. The first kappa shape index (κ1) is 11.1. The molecule has 1 aliphatic heterocycles. The summed E-state index contributed by atoms with van der Waals surface area (Å²) in [6, 6.07) is 10.5. The molecular weight excluding hydrogens is 229 g/mol. The Kier molecular flexibility index (Phi) is 2.67. The molecule has 1 aliphatic rings. The number of aryl methyl sites for hydroxylation is 1. The van der Waals surface area contributed by atoms with Gasteiger partial charge in [-0.2, -0.15) is 0 Å². The van der Waals surface area contributed by atoms with Gasteiger partial charge < -0.3 is 10.5 Å². The Labute approximate surface area is 105 Å². The van der Waals surface area contributed by atoms with Gasteiger partial charge in [-0.1, -0.05) is 18.2 Å². The van der Waals surface area contributed by atoms with Crippen molar-refractivity contribution in [2.45, 2.75) is 12.8 Å². The summed E-state index contributed by atoms with van der Waals surface area (Å²) in [4.78, 5) is 0. The maximum Gasteiger partial charge on any atom is 0.130 e. The third-order valence-corrected chi connectivity index (χ3v) is 3.24. The van der Waals surface area contributed by atoms with Crippen molar-refractivity contribution >= 4 is 5.69 Å². The Morgan fingerprint density at radius 3 is 2.83 bits per heavy atom. The van der Waals surface area contributed by atoms with E-state index in [0.29, 0.717) is 5.69 Å². The monoisotopic (exact) mass is 243 g/mol. The van der Waals surface area contributed by atoms with E-state index in [4.69, 9.17) is 10.5 Å². The van der Waals surface area contributed by atoms with Crippen molar-refractivity contribution in [2.24, 2.45) is 0 Å². The molecule has 2 aromatic rings. The van der Waals surface area contributed by atoms with Crippen LogP contribution in [0.4, 0.5) is 10.1 Å². The van der Waals surface area contributed by atoms with E-state index in [-0.39, 0.29) is 5.82 Å². The van der Waals surface area contributed by atoms with E-state index in [9.17, 15) is 4.39 Å². The number of benzene rings is 2. The lowest BCUT2D eigenvalue weighted by Gasteiger charge is -2.21. The van der Waals surface area contributed by atoms with Crippen LogP contribution in [0.15, 0.2) is 36.4 Å². The lowest BCUT2D eigenvalue weighted by molar-refractivity contribution is 0.289. The molecule has 1 heterocycles. The maximum atomic E-state index is 13.1. The predicted molar refractivity (Wildman–Crippen MR) is 70.1 cm³/mol. The zero-order chi connectivity index (χ0) is 12.5. The third-order valence-electron chi connectivity index (χ3n) is 3.24. The molecule has 0 aromatic heterocycles. The quantitative estimate of drug-likeness (QED) is 0.779. The fourth-order valence-corrected chi connectivity index (χ4v) is 2.38. The highest BCUT2D eigenvalue weighted by molar-refractivity contribution is 5.81. The van der Waals surface area contributed by atoms with Crippen LogP contribution < -0.4 is 10.5 Å². The van der Waals surface area contributed by atoms with Crippen molar-refractivity contribution in [3.8, 4) is 16.9 Å². The van der Waals surface area contributed by atoms with Gasteiger partial charge in [0, 0.05) is 16.8 Å². The minimum atomic E-state index is -0.318. The molecule has 2 nitrogen and oxygen atoms in total. The average Bonchev–Trinajstić information content (AvgIpc) is 2.38. The highest BCUT2D eigenvalue weighted by Crippen LogP contribution is 2.38. The Morgan fingerprint density at radius 1 is 1.11 bits per heavy atom. The van der Waals surface area contributed by atoms with Crippen LogP contribution in [0.5, 0.6) is 5.75 Å². The molecule has 0 unspecified atom stereocenters. The topological polar surface area (TPSA) is 35.2 Å². The van der Waals surface area contributed by atoms with E-state index in [1.807, 2.05) is 12.1 Å². The summed E-state index contributed by atoms with van der Waals surface area (Å²) in [6.45, 7) is 0.727. The van der Waals surface area contributed by atoms with Gasteiger partial charge in [0.2, 0.25) is 0 Å². The van der Waals surface area contributed by atoms with E-state index in [2.05, 4.69) is 6.07 Å². The second kappa shape index (κ2) is 4.33. The summed E-state index contributed by atoms with van der Waals surface area (Å²) in [6.07, 6.45) is 2.06. The molecule has 92 valence electrons. The Hall–Kier alpha value is -2.03. The van der Waals surface area contributed by atoms with Crippen molar-refractivity contribution < 1.29 is 9.13 Å². The van der Waals surface area contributed by atoms with Crippen molar-refractivity contribution in [2.75, 3.05) is 12.3 Å². The molecule has 0 spiro atoms. The second-order valence-electron chi connectivity index (χ2n) is 4.48. The van der Waals surface area contributed by atoms with Crippen LogP contribution in [0.1, 0.15) is 12.0 Å². The summed E-state index contributed by atoms with van der Waals surface area (Å²) >= 11 is 0. The van der Waals surface area contributed by atoms with Crippen LogP contribution in [-0.2, 0) is 6.42 Å². The lowest BCUT2D eigenvalue weighted by Crippen LogP contribution is -2.09. The number of hydrogen-bond acceptors (Lipinski definition) is 2. The van der Waals surface area contributed by atoms with Gasteiger partial charge in [-0.15, -0.1) is 0 Å². The van der Waals surface area contributed by atoms with Gasteiger partial charge >= 0.3 is 0 Å². The zero-order valence-corrected chi connectivity index (χ0v) is 9.95. The number of rotatable bonds is 1. The van der Waals surface area contributed by atoms with Gasteiger partial charge in [0.15, 0.2) is 0 Å². The van der Waals surface area contributed by atoms with Crippen molar-refractivity contribution in [1.29, 1.82) is 0 Å². The first-order valence-corrected chi connectivity index (χ1v) is 6.06. The number of para-hydroxylation sites is 1. The molecule has 3 heteroatoms. The number of anilines is 1. The molecule has 0 saturated carbocycles. The fraction of sp³-hybridized carbons (Fsp3) is 0.200. The first-order chi connectivity index (χ1) is 8.75. The summed E-state index contributed by atoms with van der Waals surface area (Å²) in [7, 11) is 0. The van der Waals surface area contributed by atoms with Crippen LogP contribution in [0.2, 0.25) is 0 Å². The average molecular weight is 243 g/mol. The molecule has 0 amide bonds. The number of halogens is 1. The molecule has 0 fully saturated rings. The highest BCUT2D eigenvalue weighted by Gasteiger charge is 2.16. The lowest BCUT2D eigenvalue weighted by atomic mass is 9.96. The summed E-state index contributed by atoms with van der Waals surface area (Å²) < 4.78 is 18.8. The van der Waals surface area contributed by atoms with Gasteiger partial charge in [0.05, 0.1) is 6.61 Å². The van der Waals surface area contributed by atoms with Gasteiger partial charge in [0.25, 0.3) is 0 Å². The molecule has 3 rings (SSSR count). The van der Waals surface area contributed by atoms with Gasteiger partial charge in [-0.05, 0) is 36.6 Å². The van der Waals surface area contributed by atoms with Crippen molar-refractivity contribution in [1.82, 2.24) is 0 Å². The number of hydrogen-bond donors (Lipinski definition) is 1. The molecule has 0 radical (unpaired) electrons. The Morgan fingerprint density at radius 2 is 2.00 bits per heavy atom. The second-order valence-corrected chi connectivity index (χ2v) is 4.48. The standard InChI is InChI=1S/C15H14FNO/c16-11-6-7-12(14(17)9-11)13-5-1-3-10-4-2-8-18-15(10)13/h1,3,5-7,9H,2,4,8,17H2. The zero-order valence-electron chi connectivity index (χ0n) is 9.95. The Bertz CT molecular complexity index is 595. The molecule has 2 N–H and O–H groups in total. The van der Waals surface area contributed by atoms with Crippen LogP contribution in [0.3, 0.4) is 0 Å². The predicted octanol–water partition coefficient (Wildman–Crippen LogP) is 3.40. The summed E-state index contributed by atoms with van der Waals surface area (Å²) in [5, 5.41) is 0. The first-order valence-electron chi connectivity index (χ1n) is 6.06. The van der Waals surface area contributed by atoms with Crippen LogP contribution in [0.25, 0.3) is 11.1 Å². The van der Waals surface area contributed by atoms with E-state index in [0.717, 1.165) is 36.3 Å². The Balaban J connectivity index is 2.17. The van der Waals surface area contributed by atoms with Gasteiger partial charge in [-0.3, -0.25) is 0 Å². The summed E-state index contributed by atoms with van der Waals surface area (Å²) in [5.41, 5.74) is 9.31. The third kappa shape index (κ3) is 1.82. The van der Waals surface area contributed by atoms with Gasteiger partial charge in [-0.25, -0.2) is 4.39 Å². The van der Waals surface area contributed by atoms with Crippen LogP contribution in [0, 0.1) is 5.82 Å². The molecule has 0 bridgehead atoms. The SMILES string of the molecule is Nc1cc(F)ccc1-c1cccc2c1OCCC2. The van der Waals surface area contributed by atoms with E-state index in [1.165, 1.54) is 17.7 Å². The fourth-order valence-electron chi connectivity index (χ4n) is 2.38. The van der Waals surface area contributed by atoms with Gasteiger partial charge in [0.1, 0.15) is 11.6 Å². The minimum absolute atomic E-state index is 0.318.